The number of aryl methyl sites for hydroxylation is 2. The summed E-state index contributed by atoms with van der Waals surface area (Å²) in [5.74, 6) is 0.897. The molecule has 0 bridgehead atoms. The van der Waals surface area contributed by atoms with E-state index in [1.807, 2.05) is 44.2 Å². The molecule has 3 aromatic rings. The van der Waals surface area contributed by atoms with Crippen molar-refractivity contribution in [1.29, 1.82) is 0 Å². The van der Waals surface area contributed by atoms with Crippen LogP contribution in [0.25, 0.3) is 0 Å². The molecule has 9 heteroatoms. The molecule has 0 aliphatic heterocycles. The highest BCUT2D eigenvalue weighted by Gasteiger charge is 2.29. The highest BCUT2D eigenvalue weighted by atomic mass is 32.2. The SMILES string of the molecule is COc1ccc(C)cc1N(CC(=O)N/N=C\c1ccc(OCC(C)C)cc1)S(=O)(=O)c1ccc(C)cc1. The minimum Gasteiger partial charge on any atom is -0.495 e. The molecule has 0 saturated heterocycles. The van der Waals surface area contributed by atoms with Crippen molar-refractivity contribution in [1.82, 2.24) is 5.43 Å². The number of methoxy groups -OCH3 is 1. The van der Waals surface area contributed by atoms with Gasteiger partial charge in [-0.3, -0.25) is 9.10 Å². The summed E-state index contributed by atoms with van der Waals surface area (Å²) in [6.07, 6.45) is 1.48. The van der Waals surface area contributed by atoms with Gasteiger partial charge in [-0.15, -0.1) is 0 Å². The molecule has 1 amide bonds. The van der Waals surface area contributed by atoms with E-state index in [1.54, 1.807) is 24.3 Å². The fourth-order valence-electron chi connectivity index (χ4n) is 3.39. The molecule has 196 valence electrons. The van der Waals surface area contributed by atoms with E-state index in [2.05, 4.69) is 24.4 Å². The summed E-state index contributed by atoms with van der Waals surface area (Å²) >= 11 is 0. The third kappa shape index (κ3) is 7.57. The van der Waals surface area contributed by atoms with Gasteiger partial charge in [-0.2, -0.15) is 5.10 Å². The highest BCUT2D eigenvalue weighted by molar-refractivity contribution is 7.92. The summed E-state index contributed by atoms with van der Waals surface area (Å²) in [6.45, 7) is 7.99. The number of benzene rings is 3. The maximum absolute atomic E-state index is 13.6. The van der Waals surface area contributed by atoms with Crippen LogP contribution in [0.5, 0.6) is 11.5 Å². The van der Waals surface area contributed by atoms with E-state index in [-0.39, 0.29) is 10.6 Å². The summed E-state index contributed by atoms with van der Waals surface area (Å²) in [5.41, 5.74) is 5.18. The first-order valence-corrected chi connectivity index (χ1v) is 13.3. The van der Waals surface area contributed by atoms with Crippen molar-refractivity contribution in [2.24, 2.45) is 11.0 Å². The van der Waals surface area contributed by atoms with Crippen LogP contribution >= 0.6 is 0 Å². The van der Waals surface area contributed by atoms with Gasteiger partial charge in [-0.05, 0) is 79.4 Å². The molecular formula is C28H33N3O5S. The minimum absolute atomic E-state index is 0.0673. The number of ether oxygens (including phenoxy) is 2. The molecule has 3 aromatic carbocycles. The van der Waals surface area contributed by atoms with Crippen molar-refractivity contribution in [3.05, 3.63) is 83.4 Å². The number of nitrogens with zero attached hydrogens (tertiary/aromatic N) is 2. The second kappa shape index (κ2) is 12.4. The normalized spacial score (nSPS) is 11.5. The fourth-order valence-corrected chi connectivity index (χ4v) is 4.81. The Morgan fingerprint density at radius 1 is 1.00 bits per heavy atom. The van der Waals surface area contributed by atoms with Crippen molar-refractivity contribution in [3.8, 4) is 11.5 Å². The molecule has 0 atom stereocenters. The molecule has 8 nitrogen and oxygen atoms in total. The van der Waals surface area contributed by atoms with Crippen LogP contribution in [-0.2, 0) is 14.8 Å². The first-order chi connectivity index (χ1) is 17.6. The van der Waals surface area contributed by atoms with Crippen LogP contribution in [0.2, 0.25) is 0 Å². The lowest BCUT2D eigenvalue weighted by molar-refractivity contribution is -0.119. The van der Waals surface area contributed by atoms with Gasteiger partial charge in [0.2, 0.25) is 0 Å². The Kier molecular flexibility index (Phi) is 9.30. The van der Waals surface area contributed by atoms with Crippen molar-refractivity contribution in [2.75, 3.05) is 24.6 Å². The maximum Gasteiger partial charge on any atom is 0.264 e. The first kappa shape index (κ1) is 27.7. The van der Waals surface area contributed by atoms with E-state index >= 15 is 0 Å². The number of rotatable bonds is 11. The molecule has 37 heavy (non-hydrogen) atoms. The summed E-state index contributed by atoms with van der Waals surface area (Å²) in [5, 5.41) is 4.00. The number of carbonyl (C=O) groups is 1. The van der Waals surface area contributed by atoms with E-state index in [1.165, 1.54) is 25.5 Å². The lowest BCUT2D eigenvalue weighted by atomic mass is 10.2. The van der Waals surface area contributed by atoms with E-state index in [0.29, 0.717) is 18.3 Å². The van der Waals surface area contributed by atoms with E-state index in [0.717, 1.165) is 26.7 Å². The van der Waals surface area contributed by atoms with Gasteiger partial charge in [-0.25, -0.2) is 13.8 Å². The topological polar surface area (TPSA) is 97.3 Å². The fraction of sp³-hybridized carbons (Fsp3) is 0.286. The predicted molar refractivity (Wildman–Crippen MR) is 146 cm³/mol. The van der Waals surface area contributed by atoms with Crippen LogP contribution in [0.1, 0.15) is 30.5 Å². The van der Waals surface area contributed by atoms with Crippen molar-refractivity contribution < 1.29 is 22.7 Å². The van der Waals surface area contributed by atoms with Gasteiger partial charge in [0.1, 0.15) is 18.0 Å². The zero-order valence-electron chi connectivity index (χ0n) is 21.8. The van der Waals surface area contributed by atoms with Crippen molar-refractivity contribution in [2.45, 2.75) is 32.6 Å². The van der Waals surface area contributed by atoms with Crippen molar-refractivity contribution in [3.63, 3.8) is 0 Å². The van der Waals surface area contributed by atoms with Crippen LogP contribution in [0, 0.1) is 19.8 Å². The molecule has 0 aromatic heterocycles. The summed E-state index contributed by atoms with van der Waals surface area (Å²) in [4.78, 5) is 12.9. The molecule has 0 heterocycles. The van der Waals surface area contributed by atoms with E-state index < -0.39 is 22.5 Å². The van der Waals surface area contributed by atoms with Gasteiger partial charge in [0, 0.05) is 0 Å². The summed E-state index contributed by atoms with van der Waals surface area (Å²) in [6, 6.07) is 18.9. The number of sulfonamides is 1. The van der Waals surface area contributed by atoms with Crippen molar-refractivity contribution >= 4 is 27.8 Å². The second-order valence-electron chi connectivity index (χ2n) is 9.07. The average Bonchev–Trinajstić information content (AvgIpc) is 2.87. The molecule has 0 unspecified atom stereocenters. The Hall–Kier alpha value is -3.85. The number of hydrogen-bond acceptors (Lipinski definition) is 6. The number of amides is 1. The molecule has 0 radical (unpaired) electrons. The standard InChI is InChI=1S/C28H33N3O5S/c1-20(2)19-36-24-11-9-23(10-12-24)17-29-30-28(32)18-31(26-16-22(4)8-15-27(26)35-5)37(33,34)25-13-6-21(3)7-14-25/h6-17,20H,18-19H2,1-5H3,(H,30,32)/b29-17-. The Bertz CT molecular complexity index is 1340. The van der Waals surface area contributed by atoms with Gasteiger partial charge in [0.15, 0.2) is 0 Å². The number of hydrogen-bond donors (Lipinski definition) is 1. The zero-order chi connectivity index (χ0) is 27.0. The van der Waals surface area contributed by atoms with Gasteiger partial charge in [-0.1, -0.05) is 37.6 Å². The van der Waals surface area contributed by atoms with E-state index in [9.17, 15) is 13.2 Å². The number of anilines is 1. The maximum atomic E-state index is 13.6. The molecule has 0 saturated carbocycles. The lowest BCUT2D eigenvalue weighted by Gasteiger charge is -2.25. The third-order valence-corrected chi connectivity index (χ3v) is 7.14. The van der Waals surface area contributed by atoms with Gasteiger partial charge in [0.25, 0.3) is 15.9 Å². The highest BCUT2D eigenvalue weighted by Crippen LogP contribution is 2.33. The van der Waals surface area contributed by atoms with Crippen LogP contribution in [0.3, 0.4) is 0 Å². The van der Waals surface area contributed by atoms with Crippen LogP contribution in [0.15, 0.2) is 76.7 Å². The largest absolute Gasteiger partial charge is 0.495 e. The zero-order valence-corrected chi connectivity index (χ0v) is 22.6. The first-order valence-electron chi connectivity index (χ1n) is 11.9. The minimum atomic E-state index is -4.08. The molecule has 0 spiro atoms. The molecule has 1 N–H and O–H groups in total. The predicted octanol–water partition coefficient (Wildman–Crippen LogP) is 4.69. The number of carbonyl (C=O) groups excluding carboxylic acids is 1. The lowest BCUT2D eigenvalue weighted by Crippen LogP contribution is -2.39. The Morgan fingerprint density at radius 3 is 2.27 bits per heavy atom. The van der Waals surface area contributed by atoms with Gasteiger partial charge >= 0.3 is 0 Å². The Balaban J connectivity index is 1.80. The molecule has 0 aliphatic rings. The number of hydrazone groups is 1. The van der Waals surface area contributed by atoms with Gasteiger partial charge < -0.3 is 9.47 Å². The Labute approximate surface area is 219 Å². The average molecular weight is 524 g/mol. The third-order valence-electron chi connectivity index (χ3n) is 5.37. The molecule has 0 fully saturated rings. The monoisotopic (exact) mass is 523 g/mol. The Morgan fingerprint density at radius 2 is 1.65 bits per heavy atom. The molecule has 3 rings (SSSR count). The smallest absolute Gasteiger partial charge is 0.264 e. The van der Waals surface area contributed by atoms with E-state index in [4.69, 9.17) is 9.47 Å². The van der Waals surface area contributed by atoms with Crippen LogP contribution in [-0.4, -0.2) is 40.8 Å². The number of nitrogens with one attached hydrogen (secondary N) is 1. The second-order valence-corrected chi connectivity index (χ2v) is 10.9. The van der Waals surface area contributed by atoms with Crippen LogP contribution in [0.4, 0.5) is 5.69 Å². The summed E-state index contributed by atoms with van der Waals surface area (Å²) < 4.78 is 39.4. The van der Waals surface area contributed by atoms with Crippen LogP contribution < -0.4 is 19.2 Å². The van der Waals surface area contributed by atoms with Gasteiger partial charge in [0.05, 0.1) is 30.5 Å². The molecular weight excluding hydrogens is 490 g/mol. The molecule has 0 aliphatic carbocycles. The summed E-state index contributed by atoms with van der Waals surface area (Å²) in [7, 11) is -2.63. The quantitative estimate of drug-likeness (QED) is 0.290.